The largest absolute Gasteiger partial charge is 0.494 e. The minimum Gasteiger partial charge on any atom is -0.494 e. The fraction of sp³-hybridized carbons (Fsp3) is 0.500. The zero-order valence-electron chi connectivity index (χ0n) is 18.8. The number of nitrogens with zero attached hydrogens (tertiary/aromatic N) is 3. The topological polar surface area (TPSA) is 108 Å². The Balaban J connectivity index is 1.25. The summed E-state index contributed by atoms with van der Waals surface area (Å²) in [4.78, 5) is 39.9. The summed E-state index contributed by atoms with van der Waals surface area (Å²) in [5.41, 5.74) is 0.263. The highest BCUT2D eigenvalue weighted by Crippen LogP contribution is 2.26. The number of benzene rings is 1. The summed E-state index contributed by atoms with van der Waals surface area (Å²) in [6.45, 7) is 2.40. The Bertz CT molecular complexity index is 989. The Kier molecular flexibility index (Phi) is 7.59. The smallest absolute Gasteiger partial charge is 0.323 e. The van der Waals surface area contributed by atoms with Crippen LogP contribution in [-0.2, 0) is 0 Å². The number of nitrogens with one attached hydrogen (secondary N) is 2. The van der Waals surface area contributed by atoms with Crippen LogP contribution in [0.2, 0.25) is 0 Å². The molecule has 33 heavy (non-hydrogen) atoms. The monoisotopic (exact) mass is 453 g/mol. The number of amides is 3. The van der Waals surface area contributed by atoms with Gasteiger partial charge in [-0.3, -0.25) is 14.9 Å². The second-order valence-corrected chi connectivity index (χ2v) is 8.68. The van der Waals surface area contributed by atoms with Crippen molar-refractivity contribution in [1.82, 2.24) is 20.0 Å². The molecule has 9 heteroatoms. The quantitative estimate of drug-likeness (QED) is 0.699. The molecule has 0 unspecified atom stereocenters. The van der Waals surface area contributed by atoms with Gasteiger partial charge in [-0.2, -0.15) is 5.10 Å². The van der Waals surface area contributed by atoms with Crippen LogP contribution in [0, 0.1) is 5.92 Å². The van der Waals surface area contributed by atoms with Crippen LogP contribution in [0.4, 0.5) is 10.6 Å². The predicted molar refractivity (Wildman–Crippen MR) is 124 cm³/mol. The number of hydrogen-bond donors (Lipinski definition) is 2. The van der Waals surface area contributed by atoms with Gasteiger partial charge in [-0.25, -0.2) is 9.89 Å². The van der Waals surface area contributed by atoms with E-state index in [2.05, 4.69) is 15.5 Å². The molecule has 1 aromatic carbocycles. The van der Waals surface area contributed by atoms with Crippen LogP contribution < -0.4 is 15.6 Å². The van der Waals surface area contributed by atoms with E-state index < -0.39 is 0 Å². The first kappa shape index (κ1) is 22.8. The third-order valence-electron chi connectivity index (χ3n) is 6.37. The van der Waals surface area contributed by atoms with Gasteiger partial charge in [-0.05, 0) is 36.6 Å². The lowest BCUT2D eigenvalue weighted by molar-refractivity contribution is 0.0671. The van der Waals surface area contributed by atoms with E-state index >= 15 is 0 Å². The molecular weight excluding hydrogens is 422 g/mol. The van der Waals surface area contributed by atoms with E-state index in [1.54, 1.807) is 15.9 Å². The van der Waals surface area contributed by atoms with Crippen LogP contribution in [0.15, 0.2) is 41.2 Å². The number of anilines is 1. The van der Waals surface area contributed by atoms with Crippen molar-refractivity contribution in [1.29, 1.82) is 0 Å². The second-order valence-electron chi connectivity index (χ2n) is 8.68. The minimum absolute atomic E-state index is 0.0601. The summed E-state index contributed by atoms with van der Waals surface area (Å²) in [5, 5.41) is 8.71. The molecule has 9 nitrogen and oxygen atoms in total. The fourth-order valence-electron chi connectivity index (χ4n) is 4.44. The summed E-state index contributed by atoms with van der Waals surface area (Å²) in [6.07, 6.45) is 7.67. The molecule has 4 rings (SSSR count). The van der Waals surface area contributed by atoms with Gasteiger partial charge in [0.25, 0.3) is 11.5 Å². The Morgan fingerprint density at radius 2 is 1.79 bits per heavy atom. The maximum absolute atomic E-state index is 13.0. The highest BCUT2D eigenvalue weighted by atomic mass is 16.5. The van der Waals surface area contributed by atoms with Gasteiger partial charge in [-0.1, -0.05) is 38.2 Å². The average molecular weight is 454 g/mol. The van der Waals surface area contributed by atoms with Crippen LogP contribution in [0.1, 0.15) is 48.9 Å². The molecule has 2 fully saturated rings. The number of hydrogen-bond acceptors (Lipinski definition) is 5. The van der Waals surface area contributed by atoms with Gasteiger partial charge >= 0.3 is 6.03 Å². The molecule has 1 aliphatic heterocycles. The van der Waals surface area contributed by atoms with Crippen LogP contribution in [0.5, 0.6) is 5.75 Å². The minimum atomic E-state index is -0.334. The van der Waals surface area contributed by atoms with Crippen molar-refractivity contribution in [3.8, 4) is 5.75 Å². The number of urea groups is 1. The molecule has 1 aliphatic carbocycles. The van der Waals surface area contributed by atoms with Gasteiger partial charge < -0.3 is 14.5 Å². The number of ether oxygens (including phenoxy) is 1. The number of carbonyl (C=O) groups is 2. The molecule has 2 heterocycles. The summed E-state index contributed by atoms with van der Waals surface area (Å²) < 4.78 is 5.94. The highest BCUT2D eigenvalue weighted by Gasteiger charge is 2.25. The van der Waals surface area contributed by atoms with Crippen LogP contribution >= 0.6 is 0 Å². The van der Waals surface area contributed by atoms with Gasteiger partial charge in [0, 0.05) is 37.8 Å². The number of aromatic nitrogens is 2. The van der Waals surface area contributed by atoms with Crippen molar-refractivity contribution in [2.45, 2.75) is 38.5 Å². The number of aromatic amines is 1. The molecule has 2 aromatic rings. The lowest BCUT2D eigenvalue weighted by atomic mass is 9.87. The van der Waals surface area contributed by atoms with E-state index in [0.717, 1.165) is 18.1 Å². The van der Waals surface area contributed by atoms with Gasteiger partial charge in [0.1, 0.15) is 5.75 Å². The molecule has 3 amide bonds. The Morgan fingerprint density at radius 1 is 1.03 bits per heavy atom. The zero-order chi connectivity index (χ0) is 23.0. The van der Waals surface area contributed by atoms with Crippen molar-refractivity contribution in [3.05, 3.63) is 52.3 Å². The molecule has 0 atom stereocenters. The SMILES string of the molecule is O=C(Nc1ccc(=O)[nH]n1)N1CCN(C(=O)c2cccc(OCCC3CCCCC3)c2)CC1. The first-order chi connectivity index (χ1) is 16.1. The normalized spacial score (nSPS) is 17.0. The van der Waals surface area contributed by atoms with E-state index in [0.29, 0.717) is 38.3 Å². The molecule has 1 aromatic heterocycles. The Hall–Kier alpha value is -3.36. The molecule has 1 saturated heterocycles. The van der Waals surface area contributed by atoms with E-state index in [-0.39, 0.29) is 23.3 Å². The third-order valence-corrected chi connectivity index (χ3v) is 6.37. The summed E-state index contributed by atoms with van der Waals surface area (Å²) in [6, 6.07) is 9.79. The van der Waals surface area contributed by atoms with Crippen molar-refractivity contribution >= 4 is 17.8 Å². The van der Waals surface area contributed by atoms with E-state index in [1.165, 1.54) is 44.2 Å². The van der Waals surface area contributed by atoms with Crippen molar-refractivity contribution in [3.63, 3.8) is 0 Å². The summed E-state index contributed by atoms with van der Waals surface area (Å²) in [7, 11) is 0. The van der Waals surface area contributed by atoms with Crippen LogP contribution in [0.25, 0.3) is 0 Å². The van der Waals surface area contributed by atoms with Crippen molar-refractivity contribution in [2.24, 2.45) is 5.92 Å². The second kappa shape index (κ2) is 11.0. The summed E-state index contributed by atoms with van der Waals surface area (Å²) >= 11 is 0. The van der Waals surface area contributed by atoms with Crippen molar-refractivity contribution in [2.75, 3.05) is 38.1 Å². The van der Waals surface area contributed by atoms with Gasteiger partial charge in [0.2, 0.25) is 0 Å². The van der Waals surface area contributed by atoms with Gasteiger partial charge in [-0.15, -0.1) is 0 Å². The molecular formula is C24H31N5O4. The standard InChI is InChI=1S/C24H31N5O4/c30-22-10-9-21(26-27-22)25-24(32)29-14-12-28(13-15-29)23(31)19-7-4-8-20(17-19)33-16-11-18-5-2-1-3-6-18/h4,7-10,17-18H,1-3,5-6,11-16H2,(H,27,30)(H,25,26,32). The molecule has 2 aliphatic rings. The maximum Gasteiger partial charge on any atom is 0.323 e. The van der Waals surface area contributed by atoms with Crippen LogP contribution in [0.3, 0.4) is 0 Å². The number of rotatable bonds is 6. The van der Waals surface area contributed by atoms with Gasteiger partial charge in [0.15, 0.2) is 5.82 Å². The number of H-pyrrole nitrogens is 1. The highest BCUT2D eigenvalue weighted by molar-refractivity contribution is 5.95. The van der Waals surface area contributed by atoms with E-state index in [9.17, 15) is 14.4 Å². The number of carbonyl (C=O) groups excluding carboxylic acids is 2. The van der Waals surface area contributed by atoms with E-state index in [1.807, 2.05) is 18.2 Å². The molecule has 0 radical (unpaired) electrons. The average Bonchev–Trinajstić information content (AvgIpc) is 2.86. The molecule has 2 N–H and O–H groups in total. The van der Waals surface area contributed by atoms with Crippen LogP contribution in [-0.4, -0.2) is 64.7 Å². The van der Waals surface area contributed by atoms with Gasteiger partial charge in [0.05, 0.1) is 6.61 Å². The molecule has 1 saturated carbocycles. The Labute approximate surface area is 193 Å². The fourth-order valence-corrected chi connectivity index (χ4v) is 4.44. The lowest BCUT2D eigenvalue weighted by Crippen LogP contribution is -2.51. The first-order valence-corrected chi connectivity index (χ1v) is 11.7. The molecule has 0 spiro atoms. The first-order valence-electron chi connectivity index (χ1n) is 11.7. The maximum atomic E-state index is 13.0. The van der Waals surface area contributed by atoms with Crippen molar-refractivity contribution < 1.29 is 14.3 Å². The third kappa shape index (κ3) is 6.34. The summed E-state index contributed by atoms with van der Waals surface area (Å²) in [5.74, 6) is 1.70. The predicted octanol–water partition coefficient (Wildman–Crippen LogP) is 3.11. The number of piperazine rings is 1. The Morgan fingerprint density at radius 3 is 2.52 bits per heavy atom. The molecule has 176 valence electrons. The van der Waals surface area contributed by atoms with E-state index in [4.69, 9.17) is 4.74 Å². The lowest BCUT2D eigenvalue weighted by Gasteiger charge is -2.34. The molecule has 0 bridgehead atoms. The zero-order valence-corrected chi connectivity index (χ0v) is 18.8.